The van der Waals surface area contributed by atoms with Crippen molar-refractivity contribution in [1.29, 1.82) is 0 Å². The van der Waals surface area contributed by atoms with E-state index >= 15 is 0 Å². The van der Waals surface area contributed by atoms with Gasteiger partial charge in [0.1, 0.15) is 17.1 Å². The van der Waals surface area contributed by atoms with Gasteiger partial charge >= 0.3 is 12.0 Å². The lowest BCUT2D eigenvalue weighted by molar-refractivity contribution is -0.122. The van der Waals surface area contributed by atoms with Crippen molar-refractivity contribution in [3.8, 4) is 11.3 Å². The molecular formula is C28H26N2O6. The molecule has 2 heterocycles. The van der Waals surface area contributed by atoms with E-state index in [1.165, 1.54) is 6.08 Å². The number of carbonyl (C=O) groups excluding carboxylic acids is 4. The van der Waals surface area contributed by atoms with Gasteiger partial charge in [0.05, 0.1) is 17.9 Å². The van der Waals surface area contributed by atoms with Crippen LogP contribution in [-0.2, 0) is 14.3 Å². The molecule has 1 saturated heterocycles. The molecule has 4 rings (SSSR count). The first kappa shape index (κ1) is 24.7. The fraction of sp³-hybridized carbons (Fsp3) is 0.214. The van der Waals surface area contributed by atoms with Crippen molar-refractivity contribution in [2.75, 3.05) is 11.5 Å². The van der Waals surface area contributed by atoms with Gasteiger partial charge in [-0.3, -0.25) is 14.9 Å². The van der Waals surface area contributed by atoms with Crippen molar-refractivity contribution in [1.82, 2.24) is 5.32 Å². The van der Waals surface area contributed by atoms with Gasteiger partial charge < -0.3 is 9.15 Å². The summed E-state index contributed by atoms with van der Waals surface area (Å²) in [5.41, 5.74) is 2.35. The number of barbiturate groups is 1. The molecule has 8 nitrogen and oxygen atoms in total. The maximum absolute atomic E-state index is 13.1. The summed E-state index contributed by atoms with van der Waals surface area (Å²) in [5.74, 6) is -0.860. The highest BCUT2D eigenvalue weighted by molar-refractivity contribution is 6.39. The van der Waals surface area contributed by atoms with E-state index in [1.54, 1.807) is 55.5 Å². The summed E-state index contributed by atoms with van der Waals surface area (Å²) in [6.45, 7) is 6.21. The van der Waals surface area contributed by atoms with E-state index in [0.717, 1.165) is 16.9 Å². The first-order valence-corrected chi connectivity index (χ1v) is 11.7. The smallest absolute Gasteiger partial charge is 0.338 e. The lowest BCUT2D eigenvalue weighted by Crippen LogP contribution is -2.54. The second-order valence-corrected chi connectivity index (χ2v) is 8.36. The van der Waals surface area contributed by atoms with E-state index in [4.69, 9.17) is 9.15 Å². The highest BCUT2D eigenvalue weighted by Gasteiger charge is 2.37. The molecule has 0 radical (unpaired) electrons. The van der Waals surface area contributed by atoms with Crippen molar-refractivity contribution in [3.05, 3.63) is 83.1 Å². The maximum atomic E-state index is 13.1. The summed E-state index contributed by atoms with van der Waals surface area (Å²) < 4.78 is 10.8. The van der Waals surface area contributed by atoms with Crippen molar-refractivity contribution >= 4 is 35.6 Å². The molecule has 2 aromatic carbocycles. The van der Waals surface area contributed by atoms with Crippen molar-refractivity contribution in [2.45, 2.75) is 33.1 Å². The molecule has 0 aliphatic carbocycles. The molecule has 1 atom stereocenters. The first-order chi connectivity index (χ1) is 17.3. The van der Waals surface area contributed by atoms with Crippen LogP contribution in [0.1, 0.15) is 54.8 Å². The average molecular weight is 487 g/mol. The zero-order valence-electron chi connectivity index (χ0n) is 20.2. The van der Waals surface area contributed by atoms with Crippen molar-refractivity contribution < 1.29 is 28.3 Å². The Kier molecular flexibility index (Phi) is 7.15. The zero-order chi connectivity index (χ0) is 25.8. The second-order valence-electron chi connectivity index (χ2n) is 8.36. The van der Waals surface area contributed by atoms with E-state index in [1.807, 2.05) is 12.1 Å². The summed E-state index contributed by atoms with van der Waals surface area (Å²) in [6, 6.07) is 16.3. The lowest BCUT2D eigenvalue weighted by atomic mass is 9.98. The van der Waals surface area contributed by atoms with Gasteiger partial charge in [-0.15, -0.1) is 0 Å². The quantitative estimate of drug-likeness (QED) is 0.276. The Hall–Kier alpha value is -4.46. The molecule has 0 spiro atoms. The van der Waals surface area contributed by atoms with Crippen LogP contribution >= 0.6 is 0 Å². The molecule has 3 aromatic rings. The Morgan fingerprint density at radius 2 is 1.69 bits per heavy atom. The molecule has 184 valence electrons. The van der Waals surface area contributed by atoms with Crippen LogP contribution in [0.4, 0.5) is 10.5 Å². The van der Waals surface area contributed by atoms with E-state index in [-0.39, 0.29) is 17.9 Å². The third-order valence-electron chi connectivity index (χ3n) is 6.03. The predicted octanol–water partition coefficient (Wildman–Crippen LogP) is 5.30. The fourth-order valence-corrected chi connectivity index (χ4v) is 3.79. The number of esters is 1. The number of ether oxygens (including phenoxy) is 1. The Labute approximate surface area is 208 Å². The molecule has 1 aliphatic rings. The molecule has 0 bridgehead atoms. The number of carbonyl (C=O) groups is 4. The highest BCUT2D eigenvalue weighted by Crippen LogP contribution is 2.27. The number of amides is 4. The molecule has 1 aliphatic heterocycles. The van der Waals surface area contributed by atoms with Gasteiger partial charge in [-0.05, 0) is 67.3 Å². The van der Waals surface area contributed by atoms with Gasteiger partial charge in [0, 0.05) is 5.56 Å². The summed E-state index contributed by atoms with van der Waals surface area (Å²) >= 11 is 0. The second kappa shape index (κ2) is 10.4. The van der Waals surface area contributed by atoms with Crippen LogP contribution in [-0.4, -0.2) is 30.4 Å². The first-order valence-electron chi connectivity index (χ1n) is 11.7. The van der Waals surface area contributed by atoms with Crippen LogP contribution in [0.15, 0.2) is 70.7 Å². The van der Waals surface area contributed by atoms with Gasteiger partial charge in [-0.1, -0.05) is 38.1 Å². The minimum atomic E-state index is -0.805. The molecule has 0 unspecified atom stereocenters. The maximum Gasteiger partial charge on any atom is 0.338 e. The molecule has 0 saturated carbocycles. The van der Waals surface area contributed by atoms with E-state index < -0.39 is 23.8 Å². The average Bonchev–Trinajstić information content (AvgIpc) is 3.35. The molecule has 8 heteroatoms. The summed E-state index contributed by atoms with van der Waals surface area (Å²) in [4.78, 5) is 50.9. The van der Waals surface area contributed by atoms with Gasteiger partial charge in [0.15, 0.2) is 0 Å². The van der Waals surface area contributed by atoms with Crippen LogP contribution in [0, 0.1) is 0 Å². The van der Waals surface area contributed by atoms with Crippen LogP contribution < -0.4 is 10.2 Å². The van der Waals surface area contributed by atoms with E-state index in [0.29, 0.717) is 28.5 Å². The van der Waals surface area contributed by atoms with Crippen LogP contribution in [0.2, 0.25) is 0 Å². The number of benzene rings is 2. The number of anilines is 1. The number of hydrogen-bond donors (Lipinski definition) is 1. The van der Waals surface area contributed by atoms with Crippen LogP contribution in [0.5, 0.6) is 0 Å². The SMILES string of the molecule is CCOC(=O)c1ccc(-c2ccc(/C=C3/C(=O)NC(=O)N(c4ccc([C@@H](C)CC)cc4)C3=O)o2)cc1. The monoisotopic (exact) mass is 486 g/mol. The van der Waals surface area contributed by atoms with E-state index in [2.05, 4.69) is 19.2 Å². The number of urea groups is 1. The van der Waals surface area contributed by atoms with Gasteiger partial charge in [0.2, 0.25) is 0 Å². The third-order valence-corrected chi connectivity index (χ3v) is 6.03. The standard InChI is InChI=1S/C28H26N2O6/c1-4-17(3)18-10-12-21(13-11-18)30-26(32)23(25(31)29-28(30)34)16-22-14-15-24(36-22)19-6-8-20(9-7-19)27(33)35-5-2/h6-17H,4-5H2,1-3H3,(H,29,31,34)/b23-16-/t17-/m0/s1. The molecular weight excluding hydrogens is 460 g/mol. The van der Waals surface area contributed by atoms with Gasteiger partial charge in [-0.25, -0.2) is 14.5 Å². The van der Waals surface area contributed by atoms with Crippen molar-refractivity contribution in [3.63, 3.8) is 0 Å². The summed E-state index contributed by atoms with van der Waals surface area (Å²) in [5, 5.41) is 2.22. The molecule has 36 heavy (non-hydrogen) atoms. The number of rotatable bonds is 7. The number of nitrogens with zero attached hydrogens (tertiary/aromatic N) is 1. The largest absolute Gasteiger partial charge is 0.462 e. The van der Waals surface area contributed by atoms with Crippen molar-refractivity contribution in [2.24, 2.45) is 0 Å². The predicted molar refractivity (Wildman–Crippen MR) is 134 cm³/mol. The van der Waals surface area contributed by atoms with Crippen LogP contribution in [0.25, 0.3) is 17.4 Å². The Morgan fingerprint density at radius 1 is 1.00 bits per heavy atom. The zero-order valence-corrected chi connectivity index (χ0v) is 20.2. The normalized spacial score (nSPS) is 15.7. The fourth-order valence-electron chi connectivity index (χ4n) is 3.79. The number of imide groups is 2. The topological polar surface area (TPSA) is 106 Å². The van der Waals surface area contributed by atoms with Gasteiger partial charge in [-0.2, -0.15) is 0 Å². The number of hydrogen-bond acceptors (Lipinski definition) is 6. The molecule has 1 N–H and O–H groups in total. The van der Waals surface area contributed by atoms with E-state index in [9.17, 15) is 19.2 Å². The molecule has 4 amide bonds. The van der Waals surface area contributed by atoms with Gasteiger partial charge in [0.25, 0.3) is 11.8 Å². The minimum absolute atomic E-state index is 0.223. The summed E-state index contributed by atoms with van der Waals surface area (Å²) in [6.07, 6.45) is 2.27. The summed E-state index contributed by atoms with van der Waals surface area (Å²) in [7, 11) is 0. The Balaban J connectivity index is 1.57. The molecule has 1 aromatic heterocycles. The number of furan rings is 1. The van der Waals surface area contributed by atoms with Crippen LogP contribution in [0.3, 0.4) is 0 Å². The Morgan fingerprint density at radius 3 is 2.33 bits per heavy atom. The Bertz CT molecular complexity index is 1340. The highest BCUT2D eigenvalue weighted by atomic mass is 16.5. The lowest BCUT2D eigenvalue weighted by Gasteiger charge is -2.26. The molecule has 1 fully saturated rings. The minimum Gasteiger partial charge on any atom is -0.462 e. The third kappa shape index (κ3) is 4.98. The number of nitrogens with one attached hydrogen (secondary N) is 1.